The van der Waals surface area contributed by atoms with Gasteiger partial charge >= 0.3 is 0 Å². The van der Waals surface area contributed by atoms with Gasteiger partial charge in [-0.2, -0.15) is 0 Å². The zero-order valence-electron chi connectivity index (χ0n) is 18.7. The molecule has 0 unspecified atom stereocenters. The van der Waals surface area contributed by atoms with Crippen LogP contribution in [0.1, 0.15) is 50.5 Å². The van der Waals surface area contributed by atoms with Crippen LogP contribution in [0.15, 0.2) is 23.4 Å². The lowest BCUT2D eigenvalue weighted by molar-refractivity contribution is -0.134. The van der Waals surface area contributed by atoms with Gasteiger partial charge in [-0.15, -0.1) is 5.10 Å². The Morgan fingerprint density at radius 3 is 2.65 bits per heavy atom. The second-order valence-corrected chi connectivity index (χ2v) is 8.92. The maximum absolute atomic E-state index is 13.1. The molecule has 0 N–H and O–H groups in total. The Labute approximate surface area is 188 Å². The minimum Gasteiger partial charge on any atom is -0.493 e. The third-order valence-corrected chi connectivity index (χ3v) is 6.87. The molecular formula is C22H33N5O3S. The number of amides is 1. The van der Waals surface area contributed by atoms with Crippen molar-refractivity contribution in [2.45, 2.75) is 62.6 Å². The normalized spacial score (nSPS) is 14.4. The zero-order valence-corrected chi connectivity index (χ0v) is 19.6. The third-order valence-electron chi connectivity index (χ3n) is 5.77. The molecule has 0 saturated heterocycles. The van der Waals surface area contributed by atoms with E-state index in [1.807, 2.05) is 19.2 Å². The summed E-state index contributed by atoms with van der Waals surface area (Å²) in [5, 5.41) is 12.3. The summed E-state index contributed by atoms with van der Waals surface area (Å²) in [6.45, 7) is 0.735. The van der Waals surface area contributed by atoms with Crippen molar-refractivity contribution in [3.63, 3.8) is 0 Å². The highest BCUT2D eigenvalue weighted by Gasteiger charge is 2.25. The largest absolute Gasteiger partial charge is 0.493 e. The van der Waals surface area contributed by atoms with Crippen molar-refractivity contribution in [3.05, 3.63) is 23.8 Å². The second-order valence-electron chi connectivity index (χ2n) is 7.86. The molecule has 1 heterocycles. The molecule has 3 rings (SSSR count). The Bertz CT molecular complexity index is 838. The number of ether oxygens (including phenoxy) is 2. The molecule has 1 saturated carbocycles. The van der Waals surface area contributed by atoms with Crippen molar-refractivity contribution in [1.82, 2.24) is 25.1 Å². The van der Waals surface area contributed by atoms with E-state index in [1.54, 1.807) is 30.7 Å². The van der Waals surface area contributed by atoms with Crippen LogP contribution in [0.4, 0.5) is 0 Å². The summed E-state index contributed by atoms with van der Waals surface area (Å²) >= 11 is 1.59. The second kappa shape index (κ2) is 11.9. The van der Waals surface area contributed by atoms with Crippen LogP contribution in [0.2, 0.25) is 0 Å². The summed E-state index contributed by atoms with van der Waals surface area (Å²) in [6.07, 6.45) is 8.09. The van der Waals surface area contributed by atoms with Crippen molar-refractivity contribution < 1.29 is 14.3 Å². The molecule has 0 bridgehead atoms. The Hall–Kier alpha value is -2.29. The van der Waals surface area contributed by atoms with Crippen LogP contribution in [0.3, 0.4) is 0 Å². The molecule has 0 spiro atoms. The van der Waals surface area contributed by atoms with Gasteiger partial charge in [-0.05, 0) is 53.8 Å². The molecule has 1 aromatic carbocycles. The first-order valence-corrected chi connectivity index (χ1v) is 12.0. The SMILES string of the molecule is COc1ccc(CCN(C(=O)CCCSc2nnnn2C)C2CCCCC2)cc1OC. The summed E-state index contributed by atoms with van der Waals surface area (Å²) in [7, 11) is 5.11. The van der Waals surface area contributed by atoms with Crippen molar-refractivity contribution in [1.29, 1.82) is 0 Å². The number of carbonyl (C=O) groups is 1. The number of hydrogen-bond acceptors (Lipinski definition) is 7. The maximum atomic E-state index is 13.1. The van der Waals surface area contributed by atoms with Gasteiger partial charge in [0.2, 0.25) is 11.1 Å². The molecule has 1 aliphatic rings. The van der Waals surface area contributed by atoms with E-state index in [-0.39, 0.29) is 5.91 Å². The molecule has 8 nitrogen and oxygen atoms in total. The lowest BCUT2D eigenvalue weighted by Crippen LogP contribution is -2.42. The smallest absolute Gasteiger partial charge is 0.222 e. The van der Waals surface area contributed by atoms with E-state index in [2.05, 4.69) is 26.5 Å². The van der Waals surface area contributed by atoms with Crippen molar-refractivity contribution in [3.8, 4) is 11.5 Å². The molecule has 1 aromatic heterocycles. The number of rotatable bonds is 11. The van der Waals surface area contributed by atoms with Gasteiger partial charge < -0.3 is 14.4 Å². The number of hydrogen-bond donors (Lipinski definition) is 0. The number of nitrogens with zero attached hydrogens (tertiary/aromatic N) is 5. The average Bonchev–Trinajstić information content (AvgIpc) is 3.22. The van der Waals surface area contributed by atoms with Crippen LogP contribution in [0.25, 0.3) is 0 Å². The predicted octanol–water partition coefficient (Wildman–Crippen LogP) is 3.50. The number of benzene rings is 1. The van der Waals surface area contributed by atoms with Crippen molar-refractivity contribution in [2.24, 2.45) is 7.05 Å². The Kier molecular flexibility index (Phi) is 8.99. The number of tetrazole rings is 1. The quantitative estimate of drug-likeness (QED) is 0.385. The summed E-state index contributed by atoms with van der Waals surface area (Å²) < 4.78 is 12.4. The molecule has 1 amide bonds. The first-order chi connectivity index (χ1) is 15.1. The highest BCUT2D eigenvalue weighted by atomic mass is 32.2. The van der Waals surface area contributed by atoms with E-state index in [1.165, 1.54) is 19.3 Å². The number of thioether (sulfide) groups is 1. The fourth-order valence-corrected chi connectivity index (χ4v) is 4.85. The molecule has 0 radical (unpaired) electrons. The van der Waals surface area contributed by atoms with E-state index >= 15 is 0 Å². The molecule has 31 heavy (non-hydrogen) atoms. The summed E-state index contributed by atoms with van der Waals surface area (Å²) in [5.41, 5.74) is 1.15. The van der Waals surface area contributed by atoms with Gasteiger partial charge in [0.1, 0.15) is 0 Å². The highest BCUT2D eigenvalue weighted by molar-refractivity contribution is 7.99. The highest BCUT2D eigenvalue weighted by Crippen LogP contribution is 2.29. The minimum atomic E-state index is 0.254. The summed E-state index contributed by atoms with van der Waals surface area (Å²) in [5.74, 6) is 2.53. The van der Waals surface area contributed by atoms with Crippen LogP contribution in [-0.4, -0.2) is 63.6 Å². The molecular weight excluding hydrogens is 414 g/mol. The van der Waals surface area contributed by atoms with Gasteiger partial charge in [-0.1, -0.05) is 37.1 Å². The lowest BCUT2D eigenvalue weighted by Gasteiger charge is -2.34. The summed E-state index contributed by atoms with van der Waals surface area (Å²) in [4.78, 5) is 15.3. The van der Waals surface area contributed by atoms with Crippen LogP contribution in [0, 0.1) is 0 Å². The lowest BCUT2D eigenvalue weighted by atomic mass is 9.93. The van der Waals surface area contributed by atoms with Crippen LogP contribution in [-0.2, 0) is 18.3 Å². The van der Waals surface area contributed by atoms with E-state index in [0.717, 1.165) is 60.2 Å². The molecule has 9 heteroatoms. The van der Waals surface area contributed by atoms with Crippen LogP contribution in [0.5, 0.6) is 11.5 Å². The first kappa shape index (κ1) is 23.4. The average molecular weight is 448 g/mol. The number of methoxy groups -OCH3 is 2. The van der Waals surface area contributed by atoms with E-state index in [0.29, 0.717) is 12.5 Å². The Morgan fingerprint density at radius 2 is 1.97 bits per heavy atom. The maximum Gasteiger partial charge on any atom is 0.222 e. The predicted molar refractivity (Wildman–Crippen MR) is 121 cm³/mol. The number of aromatic nitrogens is 4. The van der Waals surface area contributed by atoms with Crippen molar-refractivity contribution >= 4 is 17.7 Å². The molecule has 0 aliphatic heterocycles. The molecule has 0 atom stereocenters. The third kappa shape index (κ3) is 6.59. The van der Waals surface area contributed by atoms with Gasteiger partial charge in [0.15, 0.2) is 11.5 Å². The molecule has 1 fully saturated rings. The fourth-order valence-electron chi connectivity index (χ4n) is 4.06. The van der Waals surface area contributed by atoms with Gasteiger partial charge in [-0.25, -0.2) is 4.68 Å². The van der Waals surface area contributed by atoms with Gasteiger partial charge in [-0.3, -0.25) is 4.79 Å². The standard InChI is InChI=1S/C22H33N5O3S/c1-26-22(23-24-25-26)31-15-7-10-21(28)27(18-8-5-4-6-9-18)14-13-17-11-12-19(29-2)20(16-17)30-3/h11-12,16,18H,4-10,13-15H2,1-3H3. The molecule has 2 aromatic rings. The van der Waals surface area contributed by atoms with Crippen LogP contribution >= 0.6 is 11.8 Å². The van der Waals surface area contributed by atoms with E-state index in [4.69, 9.17) is 9.47 Å². The van der Waals surface area contributed by atoms with E-state index < -0.39 is 0 Å². The van der Waals surface area contributed by atoms with Crippen LogP contribution < -0.4 is 9.47 Å². The molecule has 1 aliphatic carbocycles. The minimum absolute atomic E-state index is 0.254. The van der Waals surface area contributed by atoms with E-state index in [9.17, 15) is 4.79 Å². The fraction of sp³-hybridized carbons (Fsp3) is 0.636. The van der Waals surface area contributed by atoms with Gasteiger partial charge in [0.05, 0.1) is 14.2 Å². The topological polar surface area (TPSA) is 82.4 Å². The zero-order chi connectivity index (χ0) is 22.1. The number of aryl methyl sites for hydroxylation is 1. The monoisotopic (exact) mass is 447 g/mol. The Morgan fingerprint density at radius 1 is 1.19 bits per heavy atom. The summed E-state index contributed by atoms with van der Waals surface area (Å²) in [6, 6.07) is 6.35. The molecule has 170 valence electrons. The Balaban J connectivity index is 1.57. The van der Waals surface area contributed by atoms with Gasteiger partial charge in [0.25, 0.3) is 0 Å². The number of carbonyl (C=O) groups excluding carboxylic acids is 1. The first-order valence-electron chi connectivity index (χ1n) is 11.0. The van der Waals surface area contributed by atoms with Crippen molar-refractivity contribution in [2.75, 3.05) is 26.5 Å². The van der Waals surface area contributed by atoms with Gasteiger partial charge in [0, 0.05) is 31.8 Å².